The van der Waals surface area contributed by atoms with Crippen LogP contribution in [0, 0.1) is 0 Å². The number of carboxylic acids is 2. The fourth-order valence-corrected chi connectivity index (χ4v) is 5.92. The summed E-state index contributed by atoms with van der Waals surface area (Å²) >= 11 is 0. The van der Waals surface area contributed by atoms with Gasteiger partial charge in [-0.15, -0.1) is 0 Å². The molecule has 0 saturated carbocycles. The molecule has 0 fully saturated rings. The highest BCUT2D eigenvalue weighted by Crippen LogP contribution is 2.44. The monoisotopic (exact) mass is 731 g/mol. The molecular weight excluding hydrogens is 690 g/mol. The minimum atomic E-state index is -1.83. The van der Waals surface area contributed by atoms with Crippen molar-refractivity contribution in [2.24, 2.45) is 0 Å². The average molecular weight is 732 g/mol. The van der Waals surface area contributed by atoms with Gasteiger partial charge in [-0.05, 0) is 41.3 Å². The first kappa shape index (κ1) is 39.4. The van der Waals surface area contributed by atoms with E-state index in [4.69, 9.17) is 18.9 Å². The molecule has 0 saturated heterocycles. The average Bonchev–Trinajstić information content (AvgIpc) is 3.47. The Balaban J connectivity index is 1.56. The lowest BCUT2D eigenvalue weighted by atomic mass is 9.98. The summed E-state index contributed by atoms with van der Waals surface area (Å²) in [6.07, 6.45) is -1.47. The van der Waals surface area contributed by atoms with E-state index in [1.807, 2.05) is 48.5 Å². The van der Waals surface area contributed by atoms with Crippen molar-refractivity contribution in [3.63, 3.8) is 0 Å². The molecule has 53 heavy (non-hydrogen) atoms. The molecule has 3 aromatic carbocycles. The van der Waals surface area contributed by atoms with Crippen LogP contribution in [0.15, 0.2) is 79.4 Å². The van der Waals surface area contributed by atoms with Crippen LogP contribution in [0.1, 0.15) is 42.4 Å². The molecule has 15 nitrogen and oxygen atoms in total. The van der Waals surface area contributed by atoms with Crippen molar-refractivity contribution in [3.8, 4) is 22.6 Å². The van der Waals surface area contributed by atoms with Crippen molar-refractivity contribution in [3.05, 3.63) is 96.1 Å². The molecule has 3 amide bonds. The van der Waals surface area contributed by atoms with Crippen LogP contribution in [-0.4, -0.2) is 96.5 Å². The quantitative estimate of drug-likeness (QED) is 0.110. The molecular formula is C38H41N3O12. The SMILES string of the molecule is C=CCOC(=O)C[C@H](NC(=O)OCC1c2ccccc2-c2ccccc21)C(=O)N[C@@H](CC(=O)O)C(=O)N(Cc1ccc(OC)cc1OC)[C@@H](C)C(=O)O. The normalized spacial score (nSPS) is 13.2. The lowest BCUT2D eigenvalue weighted by Crippen LogP contribution is -2.57. The maximum absolute atomic E-state index is 14.0. The molecule has 0 aliphatic heterocycles. The predicted molar refractivity (Wildman–Crippen MR) is 189 cm³/mol. The fourth-order valence-electron chi connectivity index (χ4n) is 5.92. The molecule has 4 N–H and O–H groups in total. The molecule has 0 heterocycles. The van der Waals surface area contributed by atoms with Crippen LogP contribution < -0.4 is 20.1 Å². The predicted octanol–water partition coefficient (Wildman–Crippen LogP) is 3.49. The number of nitrogens with zero attached hydrogens (tertiary/aromatic N) is 1. The second kappa shape index (κ2) is 18.2. The van der Waals surface area contributed by atoms with E-state index in [1.165, 1.54) is 33.3 Å². The van der Waals surface area contributed by atoms with E-state index in [9.17, 15) is 39.0 Å². The fraction of sp³-hybridized carbons (Fsp3) is 0.316. The molecule has 0 aromatic heterocycles. The van der Waals surface area contributed by atoms with Crippen LogP contribution in [-0.2, 0) is 40.0 Å². The van der Waals surface area contributed by atoms with Crippen molar-refractivity contribution in [1.82, 2.24) is 15.5 Å². The van der Waals surface area contributed by atoms with E-state index in [-0.39, 0.29) is 31.4 Å². The lowest BCUT2D eigenvalue weighted by molar-refractivity contribution is -0.153. The number of esters is 1. The van der Waals surface area contributed by atoms with E-state index < -0.39 is 66.8 Å². The van der Waals surface area contributed by atoms with Crippen LogP contribution in [0.4, 0.5) is 4.79 Å². The molecule has 3 atom stereocenters. The number of benzene rings is 3. The number of fused-ring (bicyclic) bond motifs is 3. The highest BCUT2D eigenvalue weighted by molar-refractivity contribution is 5.96. The number of hydrogen-bond donors (Lipinski definition) is 4. The molecule has 1 aliphatic rings. The second-order valence-corrected chi connectivity index (χ2v) is 12.0. The van der Waals surface area contributed by atoms with Gasteiger partial charge in [0.05, 0.1) is 33.6 Å². The van der Waals surface area contributed by atoms with Crippen molar-refractivity contribution in [2.45, 2.75) is 50.4 Å². The van der Waals surface area contributed by atoms with Gasteiger partial charge in [-0.25, -0.2) is 9.59 Å². The standard InChI is InChI=1S/C38H41N3O12/c1-5-16-52-34(44)19-30(40-38(49)53-21-29-27-12-8-6-10-25(27)26-11-7-9-13-28(26)29)35(45)39-31(18-33(42)43)36(46)41(22(2)37(47)48)20-23-14-15-24(50-3)17-32(23)51-4/h5-15,17,22,29-31H,1,16,18-21H2,2-4H3,(H,39,45)(H,40,49)(H,42,43)(H,47,48)/t22-,30-,31-/m0/s1. The van der Waals surface area contributed by atoms with E-state index >= 15 is 0 Å². The van der Waals surface area contributed by atoms with Crippen molar-refractivity contribution >= 4 is 35.8 Å². The van der Waals surface area contributed by atoms with Crippen LogP contribution in [0.3, 0.4) is 0 Å². The van der Waals surface area contributed by atoms with Gasteiger partial charge < -0.3 is 44.7 Å². The van der Waals surface area contributed by atoms with Gasteiger partial charge in [0.15, 0.2) is 0 Å². The Hall–Kier alpha value is -6.38. The Morgan fingerprint density at radius 2 is 1.49 bits per heavy atom. The summed E-state index contributed by atoms with van der Waals surface area (Å²) in [6.45, 7) is 4.00. The number of ether oxygens (including phenoxy) is 4. The third-order valence-electron chi connectivity index (χ3n) is 8.62. The molecule has 15 heteroatoms. The number of amides is 3. The van der Waals surface area contributed by atoms with Crippen molar-refractivity contribution < 1.29 is 57.9 Å². The number of carbonyl (C=O) groups is 6. The van der Waals surface area contributed by atoms with Gasteiger partial charge >= 0.3 is 24.0 Å². The number of nitrogens with one attached hydrogen (secondary N) is 2. The summed E-state index contributed by atoms with van der Waals surface area (Å²) in [4.78, 5) is 78.4. The van der Waals surface area contributed by atoms with Gasteiger partial charge in [-0.3, -0.25) is 19.2 Å². The molecule has 1 aliphatic carbocycles. The van der Waals surface area contributed by atoms with Crippen LogP contribution in [0.25, 0.3) is 11.1 Å². The molecule has 3 aromatic rings. The maximum atomic E-state index is 14.0. The Bertz CT molecular complexity index is 1820. The minimum absolute atomic E-state index is 0.119. The van der Waals surface area contributed by atoms with E-state index in [0.717, 1.165) is 27.2 Å². The van der Waals surface area contributed by atoms with Gasteiger partial charge in [-0.2, -0.15) is 0 Å². The highest BCUT2D eigenvalue weighted by Gasteiger charge is 2.37. The number of carboxylic acid groups (broad SMARTS) is 2. The second-order valence-electron chi connectivity index (χ2n) is 12.0. The number of methoxy groups -OCH3 is 2. The van der Waals surface area contributed by atoms with Crippen LogP contribution in [0.2, 0.25) is 0 Å². The van der Waals surface area contributed by atoms with Gasteiger partial charge in [-0.1, -0.05) is 61.2 Å². The third-order valence-corrected chi connectivity index (χ3v) is 8.62. The Morgan fingerprint density at radius 3 is 2.06 bits per heavy atom. The number of rotatable bonds is 18. The Kier molecular flexibility index (Phi) is 13.5. The molecule has 0 radical (unpaired) electrons. The van der Waals surface area contributed by atoms with Crippen LogP contribution >= 0.6 is 0 Å². The number of aliphatic carboxylic acids is 2. The summed E-state index contributed by atoms with van der Waals surface area (Å²) in [7, 11) is 2.80. The first-order valence-corrected chi connectivity index (χ1v) is 16.5. The zero-order valence-corrected chi connectivity index (χ0v) is 29.4. The Labute approximate surface area is 305 Å². The Morgan fingerprint density at radius 1 is 0.849 bits per heavy atom. The largest absolute Gasteiger partial charge is 0.497 e. The van der Waals surface area contributed by atoms with E-state index in [0.29, 0.717) is 11.3 Å². The molecule has 0 unspecified atom stereocenters. The lowest BCUT2D eigenvalue weighted by Gasteiger charge is -2.31. The molecule has 4 rings (SSSR count). The molecule has 280 valence electrons. The van der Waals surface area contributed by atoms with Gasteiger partial charge in [0.2, 0.25) is 11.8 Å². The van der Waals surface area contributed by atoms with Crippen LogP contribution in [0.5, 0.6) is 11.5 Å². The summed E-state index contributed by atoms with van der Waals surface area (Å²) in [6, 6.07) is 14.9. The first-order chi connectivity index (χ1) is 25.4. The summed E-state index contributed by atoms with van der Waals surface area (Å²) in [5.41, 5.74) is 4.21. The number of alkyl carbamates (subject to hydrolysis) is 1. The zero-order chi connectivity index (χ0) is 38.7. The van der Waals surface area contributed by atoms with Gasteiger partial charge in [0, 0.05) is 17.5 Å². The number of carbonyl (C=O) groups excluding carboxylic acids is 4. The van der Waals surface area contributed by atoms with Gasteiger partial charge in [0.25, 0.3) is 0 Å². The summed E-state index contributed by atoms with van der Waals surface area (Å²) < 4.78 is 21.1. The van der Waals surface area contributed by atoms with Crippen molar-refractivity contribution in [2.75, 3.05) is 27.4 Å². The highest BCUT2D eigenvalue weighted by atomic mass is 16.6. The van der Waals surface area contributed by atoms with E-state index in [2.05, 4.69) is 17.2 Å². The minimum Gasteiger partial charge on any atom is -0.497 e. The summed E-state index contributed by atoms with van der Waals surface area (Å²) in [5, 5.41) is 24.2. The molecule has 0 bridgehead atoms. The molecule has 0 spiro atoms. The zero-order valence-electron chi connectivity index (χ0n) is 29.4. The smallest absolute Gasteiger partial charge is 0.407 e. The maximum Gasteiger partial charge on any atom is 0.407 e. The van der Waals surface area contributed by atoms with Crippen molar-refractivity contribution in [1.29, 1.82) is 0 Å². The summed E-state index contributed by atoms with van der Waals surface area (Å²) in [5.74, 6) is -5.66. The van der Waals surface area contributed by atoms with E-state index in [1.54, 1.807) is 12.1 Å². The van der Waals surface area contributed by atoms with Gasteiger partial charge in [0.1, 0.15) is 42.8 Å². The third kappa shape index (κ3) is 9.90. The number of hydrogen-bond acceptors (Lipinski definition) is 10. The first-order valence-electron chi connectivity index (χ1n) is 16.5. The topological polar surface area (TPSA) is 207 Å².